The highest BCUT2D eigenvalue weighted by Crippen LogP contribution is 2.27. The molecule has 2 aromatic carbocycles. The van der Waals surface area contributed by atoms with E-state index in [0.29, 0.717) is 28.2 Å². The fraction of sp³-hybridized carbons (Fsp3) is 0.0625. The Morgan fingerprint density at radius 2 is 1.91 bits per heavy atom. The lowest BCUT2D eigenvalue weighted by Gasteiger charge is -2.00. The van der Waals surface area contributed by atoms with Crippen LogP contribution in [0.1, 0.15) is 10.6 Å². The van der Waals surface area contributed by atoms with Gasteiger partial charge in [-0.2, -0.15) is 0 Å². The van der Waals surface area contributed by atoms with E-state index in [0.717, 1.165) is 12.1 Å². The summed E-state index contributed by atoms with van der Waals surface area (Å²) in [5.74, 6) is -1.85. The molecule has 0 aliphatic carbocycles. The molecule has 0 spiro atoms. The van der Waals surface area contributed by atoms with Gasteiger partial charge in [0.15, 0.2) is 11.6 Å². The maximum atomic E-state index is 13.3. The Kier molecular flexibility index (Phi) is 4.12. The number of nitro benzene ring substituents is 1. The number of nitro groups is 1. The molecule has 1 aromatic heterocycles. The first-order valence-corrected chi connectivity index (χ1v) is 7.54. The van der Waals surface area contributed by atoms with Gasteiger partial charge >= 0.3 is 0 Å². The smallest absolute Gasteiger partial charge is 0.258 e. The number of benzene rings is 2. The van der Waals surface area contributed by atoms with Crippen molar-refractivity contribution in [2.24, 2.45) is 0 Å². The Bertz CT molecular complexity index is 880. The van der Waals surface area contributed by atoms with Crippen LogP contribution in [0.15, 0.2) is 47.8 Å². The van der Waals surface area contributed by atoms with Gasteiger partial charge in [0, 0.05) is 29.0 Å². The van der Waals surface area contributed by atoms with Crippen LogP contribution in [0.5, 0.6) is 0 Å². The highest BCUT2D eigenvalue weighted by atomic mass is 32.1. The predicted octanol–water partition coefficient (Wildman–Crippen LogP) is 4.59. The average molecular weight is 332 g/mol. The Labute approximate surface area is 134 Å². The summed E-state index contributed by atoms with van der Waals surface area (Å²) in [7, 11) is 0. The number of hydrogen-bond acceptors (Lipinski definition) is 4. The van der Waals surface area contributed by atoms with Crippen molar-refractivity contribution in [3.05, 3.63) is 80.2 Å². The molecule has 1 heterocycles. The second kappa shape index (κ2) is 6.21. The van der Waals surface area contributed by atoms with Crippen molar-refractivity contribution < 1.29 is 13.7 Å². The van der Waals surface area contributed by atoms with Crippen LogP contribution in [-0.4, -0.2) is 9.91 Å². The quantitative estimate of drug-likeness (QED) is 0.519. The number of rotatable bonds is 4. The molecule has 7 heteroatoms. The molecule has 0 bridgehead atoms. The fourth-order valence-electron chi connectivity index (χ4n) is 2.18. The summed E-state index contributed by atoms with van der Waals surface area (Å²) >= 11 is 1.32. The van der Waals surface area contributed by atoms with Crippen LogP contribution in [0.3, 0.4) is 0 Å². The van der Waals surface area contributed by atoms with Crippen molar-refractivity contribution in [3.8, 4) is 11.3 Å². The molecule has 0 aliphatic heterocycles. The Hall–Kier alpha value is -2.67. The van der Waals surface area contributed by atoms with Crippen LogP contribution in [0, 0.1) is 21.7 Å². The third-order valence-corrected chi connectivity index (χ3v) is 4.15. The van der Waals surface area contributed by atoms with E-state index in [1.54, 1.807) is 23.6 Å². The van der Waals surface area contributed by atoms with E-state index in [4.69, 9.17) is 0 Å². The van der Waals surface area contributed by atoms with Crippen LogP contribution in [0.2, 0.25) is 0 Å². The van der Waals surface area contributed by atoms with Crippen LogP contribution >= 0.6 is 11.3 Å². The SMILES string of the molecule is O=[N+]([O-])c1ccccc1Cc1nc(-c2ccc(F)c(F)c2)cs1. The number of thiazole rings is 1. The van der Waals surface area contributed by atoms with Crippen molar-refractivity contribution in [1.29, 1.82) is 0 Å². The van der Waals surface area contributed by atoms with Crippen LogP contribution in [-0.2, 0) is 6.42 Å². The van der Waals surface area contributed by atoms with Crippen molar-refractivity contribution >= 4 is 17.0 Å². The highest BCUT2D eigenvalue weighted by molar-refractivity contribution is 7.10. The zero-order chi connectivity index (χ0) is 16.4. The third kappa shape index (κ3) is 3.24. The van der Waals surface area contributed by atoms with Crippen LogP contribution in [0.25, 0.3) is 11.3 Å². The van der Waals surface area contributed by atoms with Gasteiger partial charge in [-0.3, -0.25) is 10.1 Å². The number of halogens is 2. The van der Waals surface area contributed by atoms with Crippen molar-refractivity contribution in [2.75, 3.05) is 0 Å². The second-order valence-electron chi connectivity index (χ2n) is 4.82. The van der Waals surface area contributed by atoms with Gasteiger partial charge in [0.05, 0.1) is 15.6 Å². The van der Waals surface area contributed by atoms with Crippen molar-refractivity contribution in [3.63, 3.8) is 0 Å². The van der Waals surface area contributed by atoms with Crippen molar-refractivity contribution in [2.45, 2.75) is 6.42 Å². The summed E-state index contributed by atoms with van der Waals surface area (Å²) in [6.07, 6.45) is 0.311. The molecule has 0 N–H and O–H groups in total. The molecular formula is C16H10F2N2O2S. The third-order valence-electron chi connectivity index (χ3n) is 3.30. The normalized spacial score (nSPS) is 10.7. The molecule has 3 aromatic rings. The molecule has 0 fully saturated rings. The molecule has 116 valence electrons. The topological polar surface area (TPSA) is 56.0 Å². The lowest BCUT2D eigenvalue weighted by molar-refractivity contribution is -0.385. The van der Waals surface area contributed by atoms with E-state index in [9.17, 15) is 18.9 Å². The van der Waals surface area contributed by atoms with Gasteiger partial charge < -0.3 is 0 Å². The summed E-state index contributed by atoms with van der Waals surface area (Å²) in [5, 5.41) is 13.4. The van der Waals surface area contributed by atoms with Gasteiger partial charge in [0.25, 0.3) is 5.69 Å². The van der Waals surface area contributed by atoms with Crippen LogP contribution in [0.4, 0.5) is 14.5 Å². The van der Waals surface area contributed by atoms with Crippen molar-refractivity contribution in [1.82, 2.24) is 4.98 Å². The number of hydrogen-bond donors (Lipinski definition) is 0. The maximum absolute atomic E-state index is 13.3. The minimum absolute atomic E-state index is 0.0390. The van der Waals surface area contributed by atoms with E-state index in [1.165, 1.54) is 23.5 Å². The summed E-state index contributed by atoms with van der Waals surface area (Å²) < 4.78 is 26.3. The number of nitrogens with zero attached hydrogens (tertiary/aromatic N) is 2. The van der Waals surface area contributed by atoms with Gasteiger partial charge in [-0.1, -0.05) is 18.2 Å². The zero-order valence-corrected chi connectivity index (χ0v) is 12.5. The predicted molar refractivity (Wildman–Crippen MR) is 83.4 cm³/mol. The van der Waals surface area contributed by atoms with Gasteiger partial charge in [-0.15, -0.1) is 11.3 Å². The molecule has 4 nitrogen and oxygen atoms in total. The first-order chi connectivity index (χ1) is 11.0. The van der Waals surface area contributed by atoms with Gasteiger partial charge in [-0.25, -0.2) is 13.8 Å². The fourth-order valence-corrected chi connectivity index (χ4v) is 3.01. The van der Waals surface area contributed by atoms with Crippen LogP contribution < -0.4 is 0 Å². The number of aromatic nitrogens is 1. The van der Waals surface area contributed by atoms with E-state index in [2.05, 4.69) is 4.98 Å². The average Bonchev–Trinajstić information content (AvgIpc) is 2.99. The summed E-state index contributed by atoms with van der Waals surface area (Å²) in [5.41, 5.74) is 1.58. The summed E-state index contributed by atoms with van der Waals surface area (Å²) in [6, 6.07) is 10.0. The van der Waals surface area contributed by atoms with E-state index in [-0.39, 0.29) is 5.69 Å². The molecule has 0 saturated heterocycles. The summed E-state index contributed by atoms with van der Waals surface area (Å²) in [6.45, 7) is 0. The molecule has 23 heavy (non-hydrogen) atoms. The highest BCUT2D eigenvalue weighted by Gasteiger charge is 2.15. The second-order valence-corrected chi connectivity index (χ2v) is 5.76. The Morgan fingerprint density at radius 1 is 1.13 bits per heavy atom. The van der Waals surface area contributed by atoms with Gasteiger partial charge in [-0.05, 0) is 18.2 Å². The monoisotopic (exact) mass is 332 g/mol. The molecule has 3 rings (SSSR count). The molecule has 0 aliphatic rings. The van der Waals surface area contributed by atoms with Gasteiger partial charge in [0.1, 0.15) is 0 Å². The molecular weight excluding hydrogens is 322 g/mol. The molecule has 0 atom stereocenters. The molecule has 0 unspecified atom stereocenters. The first kappa shape index (κ1) is 15.2. The summed E-state index contributed by atoms with van der Waals surface area (Å²) in [4.78, 5) is 14.9. The largest absolute Gasteiger partial charge is 0.273 e. The lowest BCUT2D eigenvalue weighted by atomic mass is 10.1. The van der Waals surface area contributed by atoms with E-state index in [1.807, 2.05) is 0 Å². The Balaban J connectivity index is 1.88. The standard InChI is InChI=1S/C16H10F2N2O2S/c17-12-6-5-10(7-13(12)18)14-9-23-16(19-14)8-11-3-1-2-4-15(11)20(21)22/h1-7,9H,8H2. The van der Waals surface area contributed by atoms with E-state index >= 15 is 0 Å². The Morgan fingerprint density at radius 3 is 2.65 bits per heavy atom. The van der Waals surface area contributed by atoms with Gasteiger partial charge in [0.2, 0.25) is 0 Å². The minimum atomic E-state index is -0.934. The minimum Gasteiger partial charge on any atom is -0.258 e. The lowest BCUT2D eigenvalue weighted by Crippen LogP contribution is -1.96. The van der Waals surface area contributed by atoms with E-state index < -0.39 is 16.6 Å². The maximum Gasteiger partial charge on any atom is 0.273 e. The first-order valence-electron chi connectivity index (χ1n) is 6.66. The number of para-hydroxylation sites is 1. The molecule has 0 saturated carbocycles. The molecule has 0 radical (unpaired) electrons. The zero-order valence-electron chi connectivity index (χ0n) is 11.7. The molecule has 0 amide bonds.